The molecule has 1 aromatic carbocycles. The first kappa shape index (κ1) is 21.8. The topological polar surface area (TPSA) is 126 Å². The van der Waals surface area contributed by atoms with Crippen LogP contribution in [0.15, 0.2) is 34.5 Å². The Morgan fingerprint density at radius 1 is 1.15 bits per heavy atom. The number of esters is 1. The van der Waals surface area contributed by atoms with Crippen LogP contribution in [0.4, 0.5) is 13.2 Å². The van der Waals surface area contributed by atoms with E-state index in [1.54, 1.807) is 0 Å². The van der Waals surface area contributed by atoms with E-state index < -0.39 is 41.6 Å². The molecule has 0 saturated heterocycles. The van der Waals surface area contributed by atoms with E-state index in [0.717, 1.165) is 7.05 Å². The first-order chi connectivity index (χ1) is 12.6. The summed E-state index contributed by atoms with van der Waals surface area (Å²) in [4.78, 5) is 27.5. The largest absolute Gasteiger partial charge is 0.497 e. The zero-order chi connectivity index (χ0) is 20.8. The van der Waals surface area contributed by atoms with Gasteiger partial charge in [0.1, 0.15) is 28.6 Å². The number of methoxy groups -OCH3 is 2. The molecule has 27 heavy (non-hydrogen) atoms. The van der Waals surface area contributed by atoms with Crippen LogP contribution in [-0.2, 0) is 9.53 Å². The number of nitrogens with two attached hydrogens (primary N) is 2. The molecule has 0 fully saturated rings. The second-order valence-electron chi connectivity index (χ2n) is 4.96. The molecule has 0 amide bonds. The molecule has 4 N–H and O–H groups in total. The van der Waals surface area contributed by atoms with Gasteiger partial charge in [0, 0.05) is 13.1 Å². The van der Waals surface area contributed by atoms with Crippen LogP contribution in [-0.4, -0.2) is 51.6 Å². The van der Waals surface area contributed by atoms with Crippen molar-refractivity contribution < 1.29 is 37.0 Å². The average Bonchev–Trinajstić information content (AvgIpc) is 2.64. The maximum absolute atomic E-state index is 12.8. The summed E-state index contributed by atoms with van der Waals surface area (Å²) in [6, 6.07) is 4.24. The SMILES string of the molecule is CN=C(N)C(C(=O)OCC(=O)c1ccc(OC)cc1OC)=C(N)C(F)(F)F. The van der Waals surface area contributed by atoms with Crippen LogP contribution in [0.1, 0.15) is 10.4 Å². The third-order valence-corrected chi connectivity index (χ3v) is 3.32. The number of hydrogen-bond donors (Lipinski definition) is 2. The van der Waals surface area contributed by atoms with Crippen LogP contribution in [0, 0.1) is 0 Å². The van der Waals surface area contributed by atoms with Gasteiger partial charge in [0.25, 0.3) is 0 Å². The standard InChI is InChI=1S/C16H18F3N3O5/c1-22-14(21)12(13(20)16(17,18)19)15(24)27-7-10(23)9-5-4-8(25-2)6-11(9)26-3/h4-6H,7,20H2,1-3H3,(H2,21,22). The Bertz CT molecular complexity index is 788. The number of carbonyl (C=O) groups is 2. The van der Waals surface area contributed by atoms with Crippen molar-refractivity contribution in [1.82, 2.24) is 0 Å². The molecule has 0 heterocycles. The van der Waals surface area contributed by atoms with Gasteiger partial charge in [-0.15, -0.1) is 0 Å². The lowest BCUT2D eigenvalue weighted by atomic mass is 10.1. The average molecular weight is 389 g/mol. The van der Waals surface area contributed by atoms with Gasteiger partial charge in [-0.1, -0.05) is 0 Å². The number of benzene rings is 1. The number of allylic oxidation sites excluding steroid dienone is 1. The third-order valence-electron chi connectivity index (χ3n) is 3.32. The number of nitrogens with zero attached hydrogens (tertiary/aromatic N) is 1. The number of halogens is 3. The first-order valence-corrected chi connectivity index (χ1v) is 7.28. The van der Waals surface area contributed by atoms with Gasteiger partial charge < -0.3 is 25.7 Å². The third kappa shape index (κ3) is 5.36. The molecular weight excluding hydrogens is 371 g/mol. The molecule has 0 bridgehead atoms. The van der Waals surface area contributed by atoms with Crippen molar-refractivity contribution in [2.45, 2.75) is 6.18 Å². The summed E-state index contributed by atoms with van der Waals surface area (Å²) < 4.78 is 53.1. The lowest BCUT2D eigenvalue weighted by Crippen LogP contribution is -2.33. The van der Waals surface area contributed by atoms with E-state index in [2.05, 4.69) is 9.73 Å². The Kier molecular flexibility index (Phi) is 7.20. The van der Waals surface area contributed by atoms with Crippen molar-refractivity contribution in [1.29, 1.82) is 0 Å². The van der Waals surface area contributed by atoms with Crippen molar-refractivity contribution >= 4 is 17.6 Å². The Hall–Kier alpha value is -3.24. The van der Waals surface area contributed by atoms with Gasteiger partial charge in [0.15, 0.2) is 6.61 Å². The number of aliphatic imine (C=N–C) groups is 1. The van der Waals surface area contributed by atoms with Gasteiger partial charge in [-0.25, -0.2) is 4.79 Å². The molecule has 0 aliphatic rings. The minimum absolute atomic E-state index is 0.0394. The number of ketones is 1. The van der Waals surface area contributed by atoms with Crippen molar-refractivity contribution in [3.8, 4) is 11.5 Å². The maximum atomic E-state index is 12.8. The van der Waals surface area contributed by atoms with Gasteiger partial charge in [0.2, 0.25) is 5.78 Å². The quantitative estimate of drug-likeness (QED) is 0.236. The Morgan fingerprint density at radius 2 is 1.78 bits per heavy atom. The fourth-order valence-corrected chi connectivity index (χ4v) is 1.92. The summed E-state index contributed by atoms with van der Waals surface area (Å²) in [6.07, 6.45) is -5.03. The second kappa shape index (κ2) is 8.92. The predicted molar refractivity (Wildman–Crippen MR) is 89.7 cm³/mol. The molecule has 11 heteroatoms. The van der Waals surface area contributed by atoms with Gasteiger partial charge in [-0.3, -0.25) is 9.79 Å². The molecule has 0 aliphatic heterocycles. The lowest BCUT2D eigenvalue weighted by molar-refractivity contribution is -0.138. The van der Waals surface area contributed by atoms with Crippen LogP contribution < -0.4 is 20.9 Å². The Labute approximate surface area is 152 Å². The highest BCUT2D eigenvalue weighted by Crippen LogP contribution is 2.26. The summed E-state index contributed by atoms with van der Waals surface area (Å²) in [5.74, 6) is -2.48. The molecule has 1 aromatic rings. The Balaban J connectivity index is 3.05. The summed E-state index contributed by atoms with van der Waals surface area (Å²) in [6.45, 7) is -0.868. The molecule has 0 atom stereocenters. The van der Waals surface area contributed by atoms with Gasteiger partial charge >= 0.3 is 12.1 Å². The summed E-state index contributed by atoms with van der Waals surface area (Å²) >= 11 is 0. The minimum atomic E-state index is -5.03. The smallest absolute Gasteiger partial charge is 0.431 e. The molecular formula is C16H18F3N3O5. The fourth-order valence-electron chi connectivity index (χ4n) is 1.92. The van der Waals surface area contributed by atoms with Gasteiger partial charge in [-0.2, -0.15) is 13.2 Å². The number of amidine groups is 1. The zero-order valence-electron chi connectivity index (χ0n) is 14.7. The highest BCUT2D eigenvalue weighted by molar-refractivity contribution is 6.19. The number of carbonyl (C=O) groups excluding carboxylic acids is 2. The van der Waals surface area contributed by atoms with Gasteiger partial charge in [0.05, 0.1) is 19.8 Å². The molecule has 0 aromatic heterocycles. The van der Waals surface area contributed by atoms with E-state index in [-0.39, 0.29) is 11.3 Å². The number of Topliss-reactive ketones (excluding diaryl/α,β-unsaturated/α-hetero) is 1. The maximum Gasteiger partial charge on any atom is 0.431 e. The minimum Gasteiger partial charge on any atom is -0.497 e. The molecule has 0 radical (unpaired) electrons. The van der Waals surface area contributed by atoms with E-state index in [1.165, 1.54) is 32.4 Å². The summed E-state index contributed by atoms with van der Waals surface area (Å²) in [5.41, 5.74) is 7.34. The lowest BCUT2D eigenvalue weighted by Gasteiger charge is -2.14. The van der Waals surface area contributed by atoms with Crippen molar-refractivity contribution in [3.05, 3.63) is 35.0 Å². The van der Waals surface area contributed by atoms with E-state index in [4.69, 9.17) is 20.9 Å². The van der Waals surface area contributed by atoms with E-state index in [0.29, 0.717) is 5.75 Å². The van der Waals surface area contributed by atoms with E-state index >= 15 is 0 Å². The van der Waals surface area contributed by atoms with Crippen LogP contribution >= 0.6 is 0 Å². The van der Waals surface area contributed by atoms with E-state index in [9.17, 15) is 22.8 Å². The van der Waals surface area contributed by atoms with Gasteiger partial charge in [-0.05, 0) is 12.1 Å². The van der Waals surface area contributed by atoms with Crippen LogP contribution in [0.5, 0.6) is 11.5 Å². The Morgan fingerprint density at radius 3 is 2.26 bits per heavy atom. The highest BCUT2D eigenvalue weighted by Gasteiger charge is 2.38. The molecule has 148 valence electrons. The first-order valence-electron chi connectivity index (χ1n) is 7.28. The number of hydrogen-bond acceptors (Lipinski definition) is 7. The second-order valence-corrected chi connectivity index (χ2v) is 4.96. The fraction of sp³-hybridized carbons (Fsp3) is 0.312. The molecule has 1 rings (SSSR count). The van der Waals surface area contributed by atoms with Crippen molar-refractivity contribution in [2.75, 3.05) is 27.9 Å². The zero-order valence-corrected chi connectivity index (χ0v) is 14.7. The molecule has 0 aliphatic carbocycles. The van der Waals surface area contributed by atoms with Crippen LogP contribution in [0.3, 0.4) is 0 Å². The number of alkyl halides is 3. The van der Waals surface area contributed by atoms with Crippen molar-refractivity contribution in [3.63, 3.8) is 0 Å². The summed E-state index contributed by atoms with van der Waals surface area (Å²) in [7, 11) is 3.79. The monoisotopic (exact) mass is 389 g/mol. The molecule has 0 saturated carbocycles. The molecule has 0 spiro atoms. The molecule has 0 unspecified atom stereocenters. The highest BCUT2D eigenvalue weighted by atomic mass is 19.4. The van der Waals surface area contributed by atoms with Crippen LogP contribution in [0.2, 0.25) is 0 Å². The van der Waals surface area contributed by atoms with E-state index in [1.807, 2.05) is 0 Å². The predicted octanol–water partition coefficient (Wildman–Crippen LogP) is 1.19. The number of rotatable bonds is 7. The molecule has 8 nitrogen and oxygen atoms in total. The number of ether oxygens (including phenoxy) is 3. The van der Waals surface area contributed by atoms with Crippen molar-refractivity contribution in [2.24, 2.45) is 16.5 Å². The summed E-state index contributed by atoms with van der Waals surface area (Å²) in [5, 5.41) is 0. The van der Waals surface area contributed by atoms with Crippen LogP contribution in [0.25, 0.3) is 0 Å². The normalized spacial score (nSPS) is 12.9.